The van der Waals surface area contributed by atoms with E-state index in [2.05, 4.69) is 0 Å². The largest absolute Gasteiger partial charge is 0.367 e. The zero-order valence-electron chi connectivity index (χ0n) is 17.7. The van der Waals surface area contributed by atoms with Crippen molar-refractivity contribution in [2.24, 2.45) is 5.73 Å². The summed E-state index contributed by atoms with van der Waals surface area (Å²) in [7, 11) is 0. The Hall–Kier alpha value is -3.51. The van der Waals surface area contributed by atoms with Gasteiger partial charge in [0, 0.05) is 13.0 Å². The predicted molar refractivity (Wildman–Crippen MR) is 120 cm³/mol. The molecule has 0 saturated carbocycles. The first-order valence-electron chi connectivity index (χ1n) is 10.6. The summed E-state index contributed by atoms with van der Waals surface area (Å²) in [5, 5.41) is 0. The van der Waals surface area contributed by atoms with Crippen molar-refractivity contribution in [1.82, 2.24) is 4.90 Å². The minimum atomic E-state index is -1.31. The van der Waals surface area contributed by atoms with Crippen LogP contribution in [0.1, 0.15) is 11.1 Å². The molecule has 0 unspecified atom stereocenters. The molecule has 1 fully saturated rings. The standard InChI is InChI=1S/C26H25FN2O3/c27-23-11-5-10-22(16-23)21-9-4-8-20(14-21)17-26(25(28)31)18-29(12-13-32-26)24(30)15-19-6-2-1-3-7-19/h1-11,14,16H,12-13,15,17-18H2,(H2,28,31)/t26-/m1/s1. The first kappa shape index (κ1) is 21.7. The Morgan fingerprint density at radius 2 is 1.62 bits per heavy atom. The lowest BCUT2D eigenvalue weighted by atomic mass is 9.90. The Labute approximate surface area is 186 Å². The first-order valence-corrected chi connectivity index (χ1v) is 10.6. The SMILES string of the molecule is NC(=O)[C@@]1(Cc2cccc(-c3cccc(F)c3)c2)CN(C(=O)Cc2ccccc2)CCO1. The lowest BCUT2D eigenvalue weighted by Crippen LogP contribution is -2.61. The fourth-order valence-corrected chi connectivity index (χ4v) is 4.08. The molecule has 0 spiro atoms. The van der Waals surface area contributed by atoms with E-state index in [1.54, 1.807) is 11.0 Å². The van der Waals surface area contributed by atoms with Gasteiger partial charge in [-0.05, 0) is 34.4 Å². The number of carbonyl (C=O) groups excluding carboxylic acids is 2. The summed E-state index contributed by atoms with van der Waals surface area (Å²) >= 11 is 0. The van der Waals surface area contributed by atoms with E-state index in [0.29, 0.717) is 6.54 Å². The van der Waals surface area contributed by atoms with Crippen LogP contribution in [-0.2, 0) is 27.2 Å². The molecule has 1 aliphatic heterocycles. The van der Waals surface area contributed by atoms with Gasteiger partial charge in [-0.1, -0.05) is 66.7 Å². The molecule has 3 aromatic carbocycles. The molecule has 3 aromatic rings. The van der Waals surface area contributed by atoms with Gasteiger partial charge < -0.3 is 15.4 Å². The summed E-state index contributed by atoms with van der Waals surface area (Å²) in [6.45, 7) is 0.731. The van der Waals surface area contributed by atoms with Crippen LogP contribution in [0, 0.1) is 5.82 Å². The van der Waals surface area contributed by atoms with Gasteiger partial charge in [0.15, 0.2) is 5.60 Å². The number of ether oxygens (including phenoxy) is 1. The number of halogens is 1. The van der Waals surface area contributed by atoms with Gasteiger partial charge >= 0.3 is 0 Å². The zero-order valence-corrected chi connectivity index (χ0v) is 17.7. The Balaban J connectivity index is 1.54. The van der Waals surface area contributed by atoms with Crippen molar-refractivity contribution >= 4 is 11.8 Å². The highest BCUT2D eigenvalue weighted by molar-refractivity contribution is 5.86. The lowest BCUT2D eigenvalue weighted by Gasteiger charge is -2.41. The summed E-state index contributed by atoms with van der Waals surface area (Å²) in [4.78, 5) is 27.1. The quantitative estimate of drug-likeness (QED) is 0.649. The maximum atomic E-state index is 13.6. The van der Waals surface area contributed by atoms with Gasteiger partial charge in [0.2, 0.25) is 5.91 Å². The second-order valence-corrected chi connectivity index (χ2v) is 8.07. The molecule has 0 bridgehead atoms. The minimum Gasteiger partial charge on any atom is -0.367 e. The van der Waals surface area contributed by atoms with Crippen LogP contribution in [0.4, 0.5) is 4.39 Å². The average Bonchev–Trinajstić information content (AvgIpc) is 2.80. The second-order valence-electron chi connectivity index (χ2n) is 8.07. The van der Waals surface area contributed by atoms with Crippen molar-refractivity contribution in [1.29, 1.82) is 0 Å². The number of benzene rings is 3. The average molecular weight is 432 g/mol. The smallest absolute Gasteiger partial charge is 0.251 e. The third-order valence-electron chi connectivity index (χ3n) is 5.76. The number of amides is 2. The van der Waals surface area contributed by atoms with Crippen LogP contribution in [-0.4, -0.2) is 42.0 Å². The van der Waals surface area contributed by atoms with Gasteiger partial charge in [0.25, 0.3) is 5.91 Å². The molecule has 2 N–H and O–H groups in total. The number of morpholine rings is 1. The number of nitrogens with two attached hydrogens (primary N) is 1. The Morgan fingerprint density at radius 3 is 2.34 bits per heavy atom. The van der Waals surface area contributed by atoms with Crippen molar-refractivity contribution in [3.05, 3.63) is 95.8 Å². The molecule has 0 aromatic heterocycles. The van der Waals surface area contributed by atoms with Crippen LogP contribution in [0.3, 0.4) is 0 Å². The molecule has 164 valence electrons. The summed E-state index contributed by atoms with van der Waals surface area (Å²) in [5.74, 6) is -0.991. The molecular weight excluding hydrogens is 407 g/mol. The summed E-state index contributed by atoms with van der Waals surface area (Å²) in [6, 6.07) is 23.3. The van der Waals surface area contributed by atoms with Crippen molar-refractivity contribution in [3.63, 3.8) is 0 Å². The van der Waals surface area contributed by atoms with Crippen LogP contribution < -0.4 is 5.73 Å². The highest BCUT2D eigenvalue weighted by Gasteiger charge is 2.43. The molecule has 2 amide bonds. The van der Waals surface area contributed by atoms with Crippen molar-refractivity contribution in [2.75, 3.05) is 19.7 Å². The number of hydrogen-bond acceptors (Lipinski definition) is 3. The maximum Gasteiger partial charge on any atom is 0.251 e. The molecular formula is C26H25FN2O3. The minimum absolute atomic E-state index is 0.0707. The summed E-state index contributed by atoms with van der Waals surface area (Å²) < 4.78 is 19.5. The van der Waals surface area contributed by atoms with Gasteiger partial charge in [-0.2, -0.15) is 0 Å². The third-order valence-corrected chi connectivity index (χ3v) is 5.76. The zero-order chi connectivity index (χ0) is 22.6. The van der Waals surface area contributed by atoms with Crippen LogP contribution in [0.15, 0.2) is 78.9 Å². The molecule has 0 radical (unpaired) electrons. The number of carbonyl (C=O) groups is 2. The number of rotatable bonds is 6. The monoisotopic (exact) mass is 432 g/mol. The van der Waals surface area contributed by atoms with Gasteiger partial charge in [-0.3, -0.25) is 9.59 Å². The van der Waals surface area contributed by atoms with Crippen LogP contribution in [0.25, 0.3) is 11.1 Å². The Morgan fingerprint density at radius 1 is 0.938 bits per heavy atom. The predicted octanol–water partition coefficient (Wildman–Crippen LogP) is 3.36. The number of primary amides is 1. The highest BCUT2D eigenvalue weighted by atomic mass is 19.1. The van der Waals surface area contributed by atoms with Gasteiger partial charge in [-0.15, -0.1) is 0 Å². The van der Waals surface area contributed by atoms with E-state index in [1.807, 2.05) is 60.7 Å². The molecule has 1 heterocycles. The highest BCUT2D eigenvalue weighted by Crippen LogP contribution is 2.27. The fraction of sp³-hybridized carbons (Fsp3) is 0.231. The van der Waals surface area contributed by atoms with E-state index in [4.69, 9.17) is 10.5 Å². The van der Waals surface area contributed by atoms with E-state index in [9.17, 15) is 14.0 Å². The number of hydrogen-bond donors (Lipinski definition) is 1. The van der Waals surface area contributed by atoms with Crippen LogP contribution in [0.2, 0.25) is 0 Å². The second kappa shape index (κ2) is 9.32. The van der Waals surface area contributed by atoms with E-state index in [1.165, 1.54) is 12.1 Å². The van der Waals surface area contributed by atoms with E-state index < -0.39 is 11.5 Å². The maximum absolute atomic E-state index is 13.6. The lowest BCUT2D eigenvalue weighted by molar-refractivity contribution is -0.163. The molecule has 6 heteroatoms. The summed E-state index contributed by atoms with van der Waals surface area (Å²) in [5.41, 5.74) is 7.77. The molecule has 1 saturated heterocycles. The Bertz CT molecular complexity index is 1120. The van der Waals surface area contributed by atoms with Crippen LogP contribution in [0.5, 0.6) is 0 Å². The van der Waals surface area contributed by atoms with Gasteiger partial charge in [0.05, 0.1) is 19.6 Å². The van der Waals surface area contributed by atoms with Gasteiger partial charge in [0.1, 0.15) is 5.82 Å². The van der Waals surface area contributed by atoms with E-state index in [-0.39, 0.29) is 37.7 Å². The molecule has 4 rings (SSSR count). The molecule has 1 atom stereocenters. The molecule has 0 aliphatic carbocycles. The molecule has 5 nitrogen and oxygen atoms in total. The normalized spacial score (nSPS) is 18.3. The van der Waals surface area contributed by atoms with Crippen LogP contribution >= 0.6 is 0 Å². The van der Waals surface area contributed by atoms with Crippen molar-refractivity contribution in [2.45, 2.75) is 18.4 Å². The third kappa shape index (κ3) is 4.86. The van der Waals surface area contributed by atoms with E-state index in [0.717, 1.165) is 22.3 Å². The van der Waals surface area contributed by atoms with Gasteiger partial charge in [-0.25, -0.2) is 4.39 Å². The first-order chi connectivity index (χ1) is 15.4. The Kier molecular flexibility index (Phi) is 6.32. The topological polar surface area (TPSA) is 72.6 Å². The van der Waals surface area contributed by atoms with Crippen molar-refractivity contribution < 1.29 is 18.7 Å². The van der Waals surface area contributed by atoms with E-state index >= 15 is 0 Å². The molecule has 1 aliphatic rings. The summed E-state index contributed by atoms with van der Waals surface area (Å²) in [6.07, 6.45) is 0.478. The van der Waals surface area contributed by atoms with Crippen molar-refractivity contribution in [3.8, 4) is 11.1 Å². The molecule has 32 heavy (non-hydrogen) atoms. The fourth-order valence-electron chi connectivity index (χ4n) is 4.08. The number of nitrogens with zero attached hydrogens (tertiary/aromatic N) is 1.